The third kappa shape index (κ3) is 1.42. The highest BCUT2D eigenvalue weighted by molar-refractivity contribution is 5.72. The second-order valence-electron chi connectivity index (χ2n) is 3.11. The van der Waals surface area contributed by atoms with Gasteiger partial charge in [0.2, 0.25) is 0 Å². The van der Waals surface area contributed by atoms with Gasteiger partial charge in [0.1, 0.15) is 17.7 Å². The molecule has 14 heavy (non-hydrogen) atoms. The summed E-state index contributed by atoms with van der Waals surface area (Å²) in [5, 5.41) is 0. The quantitative estimate of drug-likeness (QED) is 0.750. The monoisotopic (exact) mass is 192 g/mol. The summed E-state index contributed by atoms with van der Waals surface area (Å²) < 4.78 is 5.14. The third-order valence-corrected chi connectivity index (χ3v) is 2.12. The first kappa shape index (κ1) is 8.96. The third-order valence-electron chi connectivity index (χ3n) is 2.12. The number of rotatable bonds is 2. The van der Waals surface area contributed by atoms with Crippen LogP contribution in [0.3, 0.4) is 0 Å². The number of anilines is 1. The summed E-state index contributed by atoms with van der Waals surface area (Å²) in [6.07, 6.45) is -0.0644. The number of H-pyrrole nitrogens is 1. The summed E-state index contributed by atoms with van der Waals surface area (Å²) >= 11 is 0. The van der Waals surface area contributed by atoms with E-state index in [9.17, 15) is 0 Å². The molecule has 0 radical (unpaired) electrons. The highest BCUT2D eigenvalue weighted by atomic mass is 16.5. The lowest BCUT2D eigenvalue weighted by Gasteiger charge is -2.03. The largest absolute Gasteiger partial charge is 0.384 e. The molecule has 0 aliphatic carbocycles. The van der Waals surface area contributed by atoms with Crippen molar-refractivity contribution in [1.82, 2.24) is 15.0 Å². The summed E-state index contributed by atoms with van der Waals surface area (Å²) in [7, 11) is 1.64. The molecule has 0 bridgehead atoms. The Kier molecular flexibility index (Phi) is 2.09. The van der Waals surface area contributed by atoms with Gasteiger partial charge in [0.25, 0.3) is 0 Å². The van der Waals surface area contributed by atoms with Gasteiger partial charge in [-0.3, -0.25) is 0 Å². The Balaban J connectivity index is 2.51. The van der Waals surface area contributed by atoms with Crippen LogP contribution in [0.4, 0.5) is 5.82 Å². The van der Waals surface area contributed by atoms with Gasteiger partial charge in [-0.25, -0.2) is 9.97 Å². The number of aromatic nitrogens is 3. The fourth-order valence-electron chi connectivity index (χ4n) is 1.23. The van der Waals surface area contributed by atoms with Gasteiger partial charge in [-0.2, -0.15) is 0 Å². The van der Waals surface area contributed by atoms with E-state index in [0.717, 1.165) is 11.3 Å². The molecule has 0 amide bonds. The van der Waals surface area contributed by atoms with E-state index in [0.29, 0.717) is 11.5 Å². The van der Waals surface area contributed by atoms with Crippen LogP contribution < -0.4 is 5.73 Å². The molecule has 74 valence electrons. The molecule has 2 aromatic rings. The number of nitrogens with zero attached hydrogens (tertiary/aromatic N) is 2. The van der Waals surface area contributed by atoms with E-state index in [2.05, 4.69) is 15.0 Å². The highest BCUT2D eigenvalue weighted by Crippen LogP contribution is 2.17. The van der Waals surface area contributed by atoms with Crippen LogP contribution in [0.5, 0.6) is 0 Å². The molecule has 0 aliphatic heterocycles. The number of fused-ring (bicyclic) bond motifs is 1. The van der Waals surface area contributed by atoms with E-state index in [-0.39, 0.29) is 6.10 Å². The SMILES string of the molecule is COC(C)c1nc2nc(N)ccc2[nH]1. The van der Waals surface area contributed by atoms with Gasteiger partial charge >= 0.3 is 0 Å². The molecule has 0 fully saturated rings. The molecule has 0 aliphatic rings. The smallest absolute Gasteiger partial charge is 0.179 e. The van der Waals surface area contributed by atoms with E-state index in [1.807, 2.05) is 13.0 Å². The minimum absolute atomic E-state index is 0.0644. The molecule has 3 N–H and O–H groups in total. The Bertz CT molecular complexity index is 451. The molecule has 0 saturated heterocycles. The summed E-state index contributed by atoms with van der Waals surface area (Å²) in [6, 6.07) is 3.60. The maximum absolute atomic E-state index is 5.55. The Morgan fingerprint density at radius 1 is 1.43 bits per heavy atom. The molecule has 2 rings (SSSR count). The first-order valence-corrected chi connectivity index (χ1v) is 4.35. The molecule has 1 unspecified atom stereocenters. The average molecular weight is 192 g/mol. The van der Waals surface area contributed by atoms with Gasteiger partial charge < -0.3 is 15.5 Å². The normalized spacial score (nSPS) is 13.3. The van der Waals surface area contributed by atoms with Crippen molar-refractivity contribution in [1.29, 1.82) is 0 Å². The first-order chi connectivity index (χ1) is 6.70. The topological polar surface area (TPSA) is 76.8 Å². The number of hydrogen-bond donors (Lipinski definition) is 2. The highest BCUT2D eigenvalue weighted by Gasteiger charge is 2.10. The van der Waals surface area contributed by atoms with Crippen molar-refractivity contribution in [3.63, 3.8) is 0 Å². The number of ether oxygens (including phenoxy) is 1. The minimum Gasteiger partial charge on any atom is -0.384 e. The zero-order chi connectivity index (χ0) is 10.1. The van der Waals surface area contributed by atoms with Crippen LogP contribution in [0, 0.1) is 0 Å². The fourth-order valence-corrected chi connectivity index (χ4v) is 1.23. The number of nitrogen functional groups attached to an aromatic ring is 1. The minimum atomic E-state index is -0.0644. The molecular formula is C9H12N4O. The molecule has 2 aromatic heterocycles. The van der Waals surface area contributed by atoms with Crippen LogP contribution in [0.1, 0.15) is 18.9 Å². The Hall–Kier alpha value is -1.62. The Morgan fingerprint density at radius 3 is 2.93 bits per heavy atom. The first-order valence-electron chi connectivity index (χ1n) is 4.35. The van der Waals surface area contributed by atoms with Gasteiger partial charge in [-0.05, 0) is 19.1 Å². The standard InChI is InChI=1S/C9H12N4O/c1-5(14-2)8-11-6-3-4-7(10)12-9(6)13-8/h3-5H,1-2H3,(H3,10,11,12,13). The maximum Gasteiger partial charge on any atom is 0.179 e. The van der Waals surface area contributed by atoms with Crippen LogP contribution in [-0.2, 0) is 4.74 Å². The van der Waals surface area contributed by atoms with Crippen molar-refractivity contribution in [2.75, 3.05) is 12.8 Å². The van der Waals surface area contributed by atoms with Crippen molar-refractivity contribution in [3.8, 4) is 0 Å². The number of hydrogen-bond acceptors (Lipinski definition) is 4. The van der Waals surface area contributed by atoms with Crippen molar-refractivity contribution < 1.29 is 4.74 Å². The van der Waals surface area contributed by atoms with E-state index in [4.69, 9.17) is 10.5 Å². The zero-order valence-corrected chi connectivity index (χ0v) is 8.11. The molecule has 0 aromatic carbocycles. The summed E-state index contributed by atoms with van der Waals surface area (Å²) in [4.78, 5) is 11.5. The molecule has 5 nitrogen and oxygen atoms in total. The van der Waals surface area contributed by atoms with Crippen LogP contribution in [0.15, 0.2) is 12.1 Å². The zero-order valence-electron chi connectivity index (χ0n) is 8.11. The average Bonchev–Trinajstić information content (AvgIpc) is 2.59. The van der Waals surface area contributed by atoms with E-state index in [1.165, 1.54) is 0 Å². The summed E-state index contributed by atoms with van der Waals surface area (Å²) in [5.74, 6) is 1.24. The van der Waals surface area contributed by atoms with Crippen LogP contribution >= 0.6 is 0 Å². The predicted octanol–water partition coefficient (Wildman–Crippen LogP) is 1.25. The lowest BCUT2D eigenvalue weighted by atomic mass is 10.4. The van der Waals surface area contributed by atoms with Crippen molar-refractivity contribution in [3.05, 3.63) is 18.0 Å². The number of nitrogens with two attached hydrogens (primary N) is 1. The number of nitrogens with one attached hydrogen (secondary N) is 1. The molecule has 0 spiro atoms. The number of methoxy groups -OCH3 is 1. The second kappa shape index (κ2) is 3.26. The van der Waals surface area contributed by atoms with E-state index in [1.54, 1.807) is 13.2 Å². The lowest BCUT2D eigenvalue weighted by molar-refractivity contribution is 0.113. The van der Waals surface area contributed by atoms with E-state index < -0.39 is 0 Å². The number of aromatic amines is 1. The van der Waals surface area contributed by atoms with Crippen molar-refractivity contribution >= 4 is 17.0 Å². The van der Waals surface area contributed by atoms with Gasteiger partial charge in [0, 0.05) is 7.11 Å². The van der Waals surface area contributed by atoms with Gasteiger partial charge in [0.05, 0.1) is 5.52 Å². The van der Waals surface area contributed by atoms with Crippen LogP contribution in [-0.4, -0.2) is 22.1 Å². The summed E-state index contributed by atoms with van der Waals surface area (Å²) in [5.41, 5.74) is 7.05. The molecular weight excluding hydrogens is 180 g/mol. The molecule has 5 heteroatoms. The molecule has 2 heterocycles. The van der Waals surface area contributed by atoms with Crippen molar-refractivity contribution in [2.24, 2.45) is 0 Å². The number of pyridine rings is 1. The number of imidazole rings is 1. The van der Waals surface area contributed by atoms with Gasteiger partial charge in [-0.1, -0.05) is 0 Å². The van der Waals surface area contributed by atoms with Gasteiger partial charge in [-0.15, -0.1) is 0 Å². The van der Waals surface area contributed by atoms with Crippen LogP contribution in [0.2, 0.25) is 0 Å². The Labute approximate surface area is 81.3 Å². The maximum atomic E-state index is 5.55. The predicted molar refractivity (Wildman–Crippen MR) is 53.7 cm³/mol. The molecule has 0 saturated carbocycles. The Morgan fingerprint density at radius 2 is 2.21 bits per heavy atom. The van der Waals surface area contributed by atoms with Gasteiger partial charge in [0.15, 0.2) is 5.65 Å². The van der Waals surface area contributed by atoms with E-state index >= 15 is 0 Å². The lowest BCUT2D eigenvalue weighted by Crippen LogP contribution is -1.97. The second-order valence-corrected chi connectivity index (χ2v) is 3.11. The fraction of sp³-hybridized carbons (Fsp3) is 0.333. The van der Waals surface area contributed by atoms with Crippen LogP contribution in [0.25, 0.3) is 11.2 Å². The molecule has 1 atom stereocenters. The van der Waals surface area contributed by atoms with Crippen molar-refractivity contribution in [2.45, 2.75) is 13.0 Å². The summed E-state index contributed by atoms with van der Waals surface area (Å²) in [6.45, 7) is 1.92.